The molecule has 2 heteroatoms. The molecule has 0 amide bonds. The lowest BCUT2D eigenvalue weighted by molar-refractivity contribution is 0.0688. The van der Waals surface area contributed by atoms with Crippen LogP contribution in [0.2, 0.25) is 0 Å². The number of piperidine rings is 1. The zero-order chi connectivity index (χ0) is 13.9. The molecule has 0 aromatic heterocycles. The molecule has 1 saturated carbocycles. The van der Waals surface area contributed by atoms with Crippen molar-refractivity contribution in [2.75, 3.05) is 26.2 Å². The maximum absolute atomic E-state index is 3.70. The number of hydrogen-bond acceptors (Lipinski definition) is 2. The van der Waals surface area contributed by atoms with E-state index in [-0.39, 0.29) is 0 Å². The first-order chi connectivity index (χ1) is 8.99. The van der Waals surface area contributed by atoms with E-state index in [1.807, 2.05) is 0 Å². The molecule has 2 fully saturated rings. The van der Waals surface area contributed by atoms with Crippen LogP contribution in [0.1, 0.15) is 66.2 Å². The molecule has 2 nitrogen and oxygen atoms in total. The van der Waals surface area contributed by atoms with Gasteiger partial charge in [0, 0.05) is 19.1 Å². The molecule has 0 aromatic rings. The molecule has 1 heterocycles. The average Bonchev–Trinajstić information content (AvgIpc) is 3.22. The highest BCUT2D eigenvalue weighted by Gasteiger charge is 2.33. The van der Waals surface area contributed by atoms with Crippen LogP contribution in [0.15, 0.2) is 0 Å². The molecule has 19 heavy (non-hydrogen) atoms. The van der Waals surface area contributed by atoms with Crippen LogP contribution in [0.4, 0.5) is 0 Å². The highest BCUT2D eigenvalue weighted by molar-refractivity contribution is 4.88. The second-order valence-corrected chi connectivity index (χ2v) is 7.80. The van der Waals surface area contributed by atoms with E-state index in [9.17, 15) is 0 Å². The summed E-state index contributed by atoms with van der Waals surface area (Å²) in [6.45, 7) is 14.7. The Hall–Kier alpha value is -0.0800. The third-order valence-electron chi connectivity index (χ3n) is 5.52. The first-order valence-corrected chi connectivity index (χ1v) is 8.44. The van der Waals surface area contributed by atoms with Gasteiger partial charge in [0.05, 0.1) is 0 Å². The second kappa shape index (κ2) is 6.13. The van der Waals surface area contributed by atoms with Gasteiger partial charge in [-0.2, -0.15) is 0 Å². The van der Waals surface area contributed by atoms with Crippen LogP contribution < -0.4 is 5.32 Å². The smallest absolute Gasteiger partial charge is 0.00684 e. The van der Waals surface area contributed by atoms with Crippen LogP contribution in [-0.4, -0.2) is 37.1 Å². The normalized spacial score (nSPS) is 24.6. The van der Waals surface area contributed by atoms with Gasteiger partial charge in [0.25, 0.3) is 0 Å². The highest BCUT2D eigenvalue weighted by Crippen LogP contribution is 2.38. The van der Waals surface area contributed by atoms with E-state index in [2.05, 4.69) is 37.9 Å². The van der Waals surface area contributed by atoms with Crippen molar-refractivity contribution in [1.29, 1.82) is 0 Å². The van der Waals surface area contributed by atoms with Crippen LogP contribution >= 0.6 is 0 Å². The number of nitrogens with one attached hydrogen (secondary N) is 1. The fourth-order valence-corrected chi connectivity index (χ4v) is 3.51. The summed E-state index contributed by atoms with van der Waals surface area (Å²) in [5.74, 6) is 0. The predicted octanol–water partition coefficient (Wildman–Crippen LogP) is 3.67. The van der Waals surface area contributed by atoms with Gasteiger partial charge in [0.1, 0.15) is 0 Å². The first-order valence-electron chi connectivity index (χ1n) is 8.44. The maximum atomic E-state index is 3.70. The van der Waals surface area contributed by atoms with Gasteiger partial charge in [-0.05, 0) is 49.6 Å². The van der Waals surface area contributed by atoms with Crippen LogP contribution in [-0.2, 0) is 0 Å². The molecule has 0 atom stereocenters. The summed E-state index contributed by atoms with van der Waals surface area (Å²) in [4.78, 5) is 2.71. The van der Waals surface area contributed by atoms with Gasteiger partial charge >= 0.3 is 0 Å². The van der Waals surface area contributed by atoms with E-state index in [4.69, 9.17) is 0 Å². The zero-order valence-corrected chi connectivity index (χ0v) is 13.6. The van der Waals surface area contributed by atoms with Gasteiger partial charge in [-0.1, -0.05) is 40.5 Å². The molecular weight excluding hydrogens is 232 g/mol. The summed E-state index contributed by atoms with van der Waals surface area (Å²) >= 11 is 0. The molecule has 0 aromatic carbocycles. The Morgan fingerprint density at radius 1 is 1.11 bits per heavy atom. The topological polar surface area (TPSA) is 15.3 Å². The molecule has 0 bridgehead atoms. The Morgan fingerprint density at radius 3 is 2.16 bits per heavy atom. The molecule has 1 N–H and O–H groups in total. The van der Waals surface area contributed by atoms with Crippen molar-refractivity contribution in [2.24, 2.45) is 10.8 Å². The lowest BCUT2D eigenvalue weighted by Crippen LogP contribution is -2.46. The number of likely N-dealkylation sites (tertiary alicyclic amines) is 1. The summed E-state index contributed by atoms with van der Waals surface area (Å²) in [7, 11) is 0. The molecule has 112 valence electrons. The Bertz CT molecular complexity index is 267. The van der Waals surface area contributed by atoms with Crippen molar-refractivity contribution in [2.45, 2.75) is 72.3 Å². The van der Waals surface area contributed by atoms with Crippen molar-refractivity contribution in [1.82, 2.24) is 10.2 Å². The van der Waals surface area contributed by atoms with Crippen molar-refractivity contribution in [3.8, 4) is 0 Å². The van der Waals surface area contributed by atoms with E-state index in [1.165, 1.54) is 64.7 Å². The maximum Gasteiger partial charge on any atom is 0.00684 e. The van der Waals surface area contributed by atoms with E-state index < -0.39 is 0 Å². The minimum absolute atomic E-state index is 0.418. The van der Waals surface area contributed by atoms with Gasteiger partial charge in [-0.3, -0.25) is 0 Å². The third-order valence-corrected chi connectivity index (χ3v) is 5.52. The Morgan fingerprint density at radius 2 is 1.68 bits per heavy atom. The van der Waals surface area contributed by atoms with E-state index in [1.54, 1.807) is 0 Å². The molecule has 1 saturated heterocycles. The van der Waals surface area contributed by atoms with Crippen molar-refractivity contribution >= 4 is 0 Å². The minimum Gasteiger partial charge on any atom is -0.313 e. The van der Waals surface area contributed by atoms with Crippen LogP contribution in [0, 0.1) is 10.8 Å². The zero-order valence-electron chi connectivity index (χ0n) is 13.6. The predicted molar refractivity (Wildman–Crippen MR) is 83.5 cm³/mol. The Labute approximate surface area is 120 Å². The number of hydrogen-bond donors (Lipinski definition) is 1. The fraction of sp³-hybridized carbons (Fsp3) is 1.00. The standard InChI is InChI=1S/C17H34N2/c1-5-17(6-2)9-11-19(12-10-17)14-16(3,4)13-18-15-7-8-15/h15,18H,5-14H2,1-4H3. The first kappa shape index (κ1) is 15.3. The largest absolute Gasteiger partial charge is 0.313 e. The van der Waals surface area contributed by atoms with Crippen LogP contribution in [0.3, 0.4) is 0 Å². The third kappa shape index (κ3) is 4.46. The fourth-order valence-electron chi connectivity index (χ4n) is 3.51. The molecular formula is C17H34N2. The van der Waals surface area contributed by atoms with Gasteiger partial charge in [0.2, 0.25) is 0 Å². The monoisotopic (exact) mass is 266 g/mol. The summed E-state index contributed by atoms with van der Waals surface area (Å²) in [6, 6.07) is 0.841. The lowest BCUT2D eigenvalue weighted by atomic mass is 9.74. The molecule has 1 aliphatic carbocycles. The highest BCUT2D eigenvalue weighted by atomic mass is 15.1. The molecule has 1 aliphatic heterocycles. The lowest BCUT2D eigenvalue weighted by Gasteiger charge is -2.43. The van der Waals surface area contributed by atoms with Gasteiger partial charge in [-0.25, -0.2) is 0 Å². The molecule has 0 unspecified atom stereocenters. The van der Waals surface area contributed by atoms with Gasteiger partial charge in [0.15, 0.2) is 0 Å². The summed E-state index contributed by atoms with van der Waals surface area (Å²) in [5, 5.41) is 3.70. The molecule has 0 spiro atoms. The minimum atomic E-state index is 0.418. The molecule has 2 rings (SSSR count). The van der Waals surface area contributed by atoms with E-state index in [0.717, 1.165) is 6.04 Å². The Kier molecular flexibility index (Phi) is 4.94. The molecule has 0 radical (unpaired) electrons. The van der Waals surface area contributed by atoms with Crippen molar-refractivity contribution in [3.63, 3.8) is 0 Å². The SMILES string of the molecule is CCC1(CC)CCN(CC(C)(C)CNC2CC2)CC1. The van der Waals surface area contributed by atoms with Crippen molar-refractivity contribution < 1.29 is 0 Å². The average molecular weight is 266 g/mol. The number of rotatable bonds is 7. The summed E-state index contributed by atoms with van der Waals surface area (Å²) < 4.78 is 0. The number of nitrogens with zero attached hydrogens (tertiary/aromatic N) is 1. The Balaban J connectivity index is 1.74. The van der Waals surface area contributed by atoms with Gasteiger partial charge < -0.3 is 10.2 Å². The van der Waals surface area contributed by atoms with E-state index in [0.29, 0.717) is 10.8 Å². The quantitative estimate of drug-likeness (QED) is 0.756. The summed E-state index contributed by atoms with van der Waals surface area (Å²) in [5.41, 5.74) is 1.08. The van der Waals surface area contributed by atoms with Crippen LogP contribution in [0.25, 0.3) is 0 Å². The van der Waals surface area contributed by atoms with Gasteiger partial charge in [-0.15, -0.1) is 0 Å². The summed E-state index contributed by atoms with van der Waals surface area (Å²) in [6.07, 6.45) is 8.34. The second-order valence-electron chi connectivity index (χ2n) is 7.80. The van der Waals surface area contributed by atoms with Crippen LogP contribution in [0.5, 0.6) is 0 Å². The van der Waals surface area contributed by atoms with E-state index >= 15 is 0 Å². The van der Waals surface area contributed by atoms with Crippen molar-refractivity contribution in [3.05, 3.63) is 0 Å². The molecule has 2 aliphatic rings.